The summed E-state index contributed by atoms with van der Waals surface area (Å²) in [6.07, 6.45) is 3.35. The summed E-state index contributed by atoms with van der Waals surface area (Å²) < 4.78 is 0. The SMILES string of the molecule is O=C(S)N(CCCN1CCN(CCCc2ccccc2)CC1)c1ccccc1. The molecule has 0 N–H and O–H groups in total. The largest absolute Gasteiger partial charge is 0.303 e. The smallest absolute Gasteiger partial charge is 0.282 e. The van der Waals surface area contributed by atoms with Crippen LogP contribution in [0.15, 0.2) is 60.7 Å². The molecule has 0 aliphatic carbocycles. The maximum absolute atomic E-state index is 11.8. The van der Waals surface area contributed by atoms with Crippen LogP contribution in [-0.2, 0) is 6.42 Å². The molecule has 5 heteroatoms. The molecule has 1 aliphatic heterocycles. The lowest BCUT2D eigenvalue weighted by Gasteiger charge is -2.35. The zero-order valence-corrected chi connectivity index (χ0v) is 17.4. The van der Waals surface area contributed by atoms with Gasteiger partial charge in [-0.3, -0.25) is 4.79 Å². The number of benzene rings is 2. The van der Waals surface area contributed by atoms with Crippen molar-refractivity contribution >= 4 is 23.6 Å². The second-order valence-electron chi connectivity index (χ2n) is 7.40. The first-order chi connectivity index (χ1) is 13.7. The Balaban J connectivity index is 1.32. The molecule has 1 aliphatic rings. The number of aryl methyl sites for hydroxylation is 1. The minimum atomic E-state index is -0.186. The van der Waals surface area contributed by atoms with E-state index in [-0.39, 0.29) is 5.24 Å². The average molecular weight is 398 g/mol. The van der Waals surface area contributed by atoms with Crippen LogP contribution in [-0.4, -0.2) is 60.9 Å². The van der Waals surface area contributed by atoms with E-state index in [1.165, 1.54) is 18.5 Å². The monoisotopic (exact) mass is 397 g/mol. The summed E-state index contributed by atoms with van der Waals surface area (Å²) in [4.78, 5) is 18.7. The van der Waals surface area contributed by atoms with Crippen molar-refractivity contribution in [3.05, 3.63) is 66.2 Å². The van der Waals surface area contributed by atoms with E-state index in [2.05, 4.69) is 52.8 Å². The summed E-state index contributed by atoms with van der Waals surface area (Å²) in [5, 5.41) is -0.186. The molecule has 4 nitrogen and oxygen atoms in total. The molecule has 2 aromatic carbocycles. The van der Waals surface area contributed by atoms with E-state index in [4.69, 9.17) is 0 Å². The molecule has 1 fully saturated rings. The molecule has 2 aromatic rings. The van der Waals surface area contributed by atoms with Crippen molar-refractivity contribution in [2.24, 2.45) is 0 Å². The predicted octanol–water partition coefficient (Wildman–Crippen LogP) is 4.18. The third-order valence-corrected chi connectivity index (χ3v) is 5.64. The zero-order chi connectivity index (χ0) is 19.6. The molecule has 0 bridgehead atoms. The fourth-order valence-corrected chi connectivity index (χ4v) is 4.00. The number of anilines is 1. The molecule has 0 spiro atoms. The summed E-state index contributed by atoms with van der Waals surface area (Å²) in [6.45, 7) is 7.44. The van der Waals surface area contributed by atoms with Gasteiger partial charge in [-0.25, -0.2) is 0 Å². The van der Waals surface area contributed by atoms with Crippen molar-refractivity contribution in [1.29, 1.82) is 0 Å². The van der Waals surface area contributed by atoms with Crippen molar-refractivity contribution in [2.75, 3.05) is 50.7 Å². The highest BCUT2D eigenvalue weighted by Gasteiger charge is 2.17. The minimum Gasteiger partial charge on any atom is -0.303 e. The van der Waals surface area contributed by atoms with E-state index in [1.807, 2.05) is 30.3 Å². The number of rotatable bonds is 9. The number of carbonyl (C=O) groups is 1. The number of para-hydroxylation sites is 1. The highest BCUT2D eigenvalue weighted by molar-refractivity contribution is 7.96. The average Bonchev–Trinajstić information content (AvgIpc) is 2.73. The summed E-state index contributed by atoms with van der Waals surface area (Å²) in [5.41, 5.74) is 2.36. The van der Waals surface area contributed by atoms with Gasteiger partial charge in [0, 0.05) is 38.4 Å². The lowest BCUT2D eigenvalue weighted by atomic mass is 10.1. The van der Waals surface area contributed by atoms with E-state index >= 15 is 0 Å². The third-order valence-electron chi connectivity index (χ3n) is 5.40. The van der Waals surface area contributed by atoms with Gasteiger partial charge in [-0.2, -0.15) is 0 Å². The van der Waals surface area contributed by atoms with Crippen molar-refractivity contribution in [1.82, 2.24) is 9.80 Å². The lowest BCUT2D eigenvalue weighted by molar-refractivity contribution is 0.131. The molecule has 1 amide bonds. The van der Waals surface area contributed by atoms with Crippen LogP contribution in [0.1, 0.15) is 18.4 Å². The van der Waals surface area contributed by atoms with Crippen LogP contribution in [0.5, 0.6) is 0 Å². The van der Waals surface area contributed by atoms with Crippen LogP contribution >= 0.6 is 12.6 Å². The maximum atomic E-state index is 11.8. The second-order valence-corrected chi connectivity index (χ2v) is 7.78. The van der Waals surface area contributed by atoms with Gasteiger partial charge in [0.05, 0.1) is 0 Å². The predicted molar refractivity (Wildman–Crippen MR) is 120 cm³/mol. The lowest BCUT2D eigenvalue weighted by Crippen LogP contribution is -2.47. The Kier molecular flexibility index (Phi) is 8.40. The van der Waals surface area contributed by atoms with Crippen LogP contribution in [0.4, 0.5) is 10.5 Å². The Morgan fingerprint density at radius 1 is 0.821 bits per heavy atom. The third kappa shape index (κ3) is 6.66. The number of piperazine rings is 1. The van der Waals surface area contributed by atoms with E-state index in [9.17, 15) is 4.79 Å². The molecular formula is C23H31N3OS. The standard InChI is InChI=1S/C23H31N3OS/c27-23(28)26(22-12-5-2-6-13-22)16-8-15-25-19-17-24(18-20-25)14-7-11-21-9-3-1-4-10-21/h1-6,9-10,12-13H,7-8,11,14-20H2,(H,27,28). The molecule has 1 saturated heterocycles. The van der Waals surface area contributed by atoms with Gasteiger partial charge in [-0.1, -0.05) is 61.2 Å². The van der Waals surface area contributed by atoms with Gasteiger partial charge >= 0.3 is 0 Å². The summed E-state index contributed by atoms with van der Waals surface area (Å²) in [7, 11) is 0. The Labute approximate surface area is 174 Å². The number of nitrogens with zero attached hydrogens (tertiary/aromatic N) is 3. The summed E-state index contributed by atoms with van der Waals surface area (Å²) in [5.74, 6) is 0. The van der Waals surface area contributed by atoms with E-state index in [0.717, 1.165) is 51.3 Å². The molecule has 150 valence electrons. The molecule has 0 saturated carbocycles. The highest BCUT2D eigenvalue weighted by Crippen LogP contribution is 2.16. The topological polar surface area (TPSA) is 26.8 Å². The first-order valence-corrected chi connectivity index (χ1v) is 10.7. The molecule has 28 heavy (non-hydrogen) atoms. The van der Waals surface area contributed by atoms with Crippen molar-refractivity contribution in [3.63, 3.8) is 0 Å². The van der Waals surface area contributed by atoms with Crippen LogP contribution in [0.2, 0.25) is 0 Å². The fourth-order valence-electron chi connectivity index (χ4n) is 3.78. The fraction of sp³-hybridized carbons (Fsp3) is 0.435. The van der Waals surface area contributed by atoms with Gasteiger partial charge in [-0.15, -0.1) is 0 Å². The number of amides is 1. The first kappa shape index (κ1) is 20.9. The minimum absolute atomic E-state index is 0.186. The van der Waals surface area contributed by atoms with Crippen LogP contribution in [0.3, 0.4) is 0 Å². The van der Waals surface area contributed by atoms with Crippen LogP contribution in [0, 0.1) is 0 Å². The Bertz CT molecular complexity index is 702. The Morgan fingerprint density at radius 2 is 1.36 bits per heavy atom. The molecule has 0 radical (unpaired) electrons. The van der Waals surface area contributed by atoms with Gasteiger partial charge in [0.15, 0.2) is 0 Å². The van der Waals surface area contributed by atoms with Gasteiger partial charge in [0.1, 0.15) is 0 Å². The van der Waals surface area contributed by atoms with E-state index < -0.39 is 0 Å². The first-order valence-electron chi connectivity index (χ1n) is 10.3. The summed E-state index contributed by atoms with van der Waals surface area (Å²) >= 11 is 4.04. The molecular weight excluding hydrogens is 366 g/mol. The molecule has 0 unspecified atom stereocenters. The molecule has 1 heterocycles. The van der Waals surface area contributed by atoms with E-state index in [1.54, 1.807) is 4.90 Å². The second kappa shape index (κ2) is 11.2. The van der Waals surface area contributed by atoms with E-state index in [0.29, 0.717) is 6.54 Å². The normalized spacial score (nSPS) is 15.5. The maximum Gasteiger partial charge on any atom is 0.282 e. The van der Waals surface area contributed by atoms with Crippen molar-refractivity contribution < 1.29 is 4.79 Å². The number of carbonyl (C=O) groups excluding carboxylic acids is 1. The van der Waals surface area contributed by atoms with Gasteiger partial charge in [-0.05, 0) is 50.0 Å². The summed E-state index contributed by atoms with van der Waals surface area (Å²) in [6, 6.07) is 20.5. The number of thiol groups is 1. The molecule has 0 aromatic heterocycles. The molecule has 0 atom stereocenters. The Hall–Kier alpha value is -1.82. The number of hydrogen-bond acceptors (Lipinski definition) is 3. The van der Waals surface area contributed by atoms with Crippen LogP contribution in [0.25, 0.3) is 0 Å². The Morgan fingerprint density at radius 3 is 1.93 bits per heavy atom. The van der Waals surface area contributed by atoms with Gasteiger partial charge in [0.25, 0.3) is 5.24 Å². The molecule has 3 rings (SSSR count). The van der Waals surface area contributed by atoms with Gasteiger partial charge in [0.2, 0.25) is 0 Å². The van der Waals surface area contributed by atoms with Crippen molar-refractivity contribution in [3.8, 4) is 0 Å². The highest BCUT2D eigenvalue weighted by atomic mass is 32.1. The quantitative estimate of drug-likeness (QED) is 0.643. The van der Waals surface area contributed by atoms with Crippen molar-refractivity contribution in [2.45, 2.75) is 19.3 Å². The number of hydrogen-bond donors (Lipinski definition) is 1. The van der Waals surface area contributed by atoms with Gasteiger partial charge < -0.3 is 14.7 Å². The zero-order valence-electron chi connectivity index (χ0n) is 16.5. The van der Waals surface area contributed by atoms with Crippen LogP contribution < -0.4 is 4.90 Å².